The number of nitrogens with two attached hydrogens (primary N) is 1. The zero-order chi connectivity index (χ0) is 18.4. The molecule has 2 N–H and O–H groups in total. The summed E-state index contributed by atoms with van der Waals surface area (Å²) in [6.45, 7) is 2.80. The first-order valence-electron chi connectivity index (χ1n) is 10.0. The van der Waals surface area contributed by atoms with Crippen LogP contribution in [0.5, 0.6) is 0 Å². The molecule has 2 heterocycles. The van der Waals surface area contributed by atoms with E-state index in [1.807, 2.05) is 28.0 Å². The second-order valence-electron chi connectivity index (χ2n) is 7.56. The van der Waals surface area contributed by atoms with E-state index in [1.165, 1.54) is 12.0 Å². The van der Waals surface area contributed by atoms with Crippen molar-refractivity contribution in [3.8, 4) is 0 Å². The van der Waals surface area contributed by atoms with Gasteiger partial charge in [0.05, 0.1) is 0 Å². The monoisotopic (exact) mass is 393 g/mol. The molecule has 3 rings (SSSR count). The van der Waals surface area contributed by atoms with Crippen molar-refractivity contribution in [1.29, 1.82) is 0 Å². The van der Waals surface area contributed by atoms with Gasteiger partial charge in [0.15, 0.2) is 0 Å². The highest BCUT2D eigenvalue weighted by Crippen LogP contribution is 2.25. The lowest BCUT2D eigenvalue weighted by Crippen LogP contribution is -2.51. The molecule has 1 atom stereocenters. The SMILES string of the molecule is Cl.NCC1CCCCN1C(=O)C1CCN(C(=O)CCc2ccccc2)CC1. The van der Waals surface area contributed by atoms with Crippen LogP contribution in [0.15, 0.2) is 30.3 Å². The van der Waals surface area contributed by atoms with E-state index < -0.39 is 0 Å². The van der Waals surface area contributed by atoms with Gasteiger partial charge in [-0.25, -0.2) is 0 Å². The van der Waals surface area contributed by atoms with E-state index in [0.717, 1.165) is 38.6 Å². The first-order chi connectivity index (χ1) is 12.7. The summed E-state index contributed by atoms with van der Waals surface area (Å²) in [6.07, 6.45) is 6.17. The number of hydrogen-bond donors (Lipinski definition) is 1. The van der Waals surface area contributed by atoms with E-state index in [9.17, 15) is 9.59 Å². The fraction of sp³-hybridized carbons (Fsp3) is 0.619. The predicted octanol–water partition coefficient (Wildman–Crippen LogP) is 2.62. The molecule has 1 aromatic rings. The standard InChI is InChI=1S/C21H31N3O2.ClH/c22-16-19-8-4-5-13-24(19)21(26)18-11-14-23(15-12-18)20(25)10-9-17-6-2-1-3-7-17;/h1-3,6-7,18-19H,4-5,8-16,22H2;1H. The van der Waals surface area contributed by atoms with Crippen LogP contribution in [0.25, 0.3) is 0 Å². The lowest BCUT2D eigenvalue weighted by molar-refractivity contribution is -0.143. The molecule has 150 valence electrons. The van der Waals surface area contributed by atoms with Crippen LogP contribution in [-0.4, -0.2) is 53.8 Å². The van der Waals surface area contributed by atoms with Crippen molar-refractivity contribution < 1.29 is 9.59 Å². The Hall–Kier alpha value is -1.59. The zero-order valence-corrected chi connectivity index (χ0v) is 16.8. The highest BCUT2D eigenvalue weighted by atomic mass is 35.5. The topological polar surface area (TPSA) is 66.6 Å². The van der Waals surface area contributed by atoms with Crippen LogP contribution < -0.4 is 5.73 Å². The van der Waals surface area contributed by atoms with Crippen LogP contribution in [0, 0.1) is 5.92 Å². The minimum atomic E-state index is 0. The Morgan fingerprint density at radius 3 is 2.37 bits per heavy atom. The van der Waals surface area contributed by atoms with E-state index in [1.54, 1.807) is 0 Å². The predicted molar refractivity (Wildman–Crippen MR) is 110 cm³/mol. The van der Waals surface area contributed by atoms with Crippen LogP contribution in [0.2, 0.25) is 0 Å². The average Bonchev–Trinajstić information content (AvgIpc) is 2.72. The summed E-state index contributed by atoms with van der Waals surface area (Å²) < 4.78 is 0. The average molecular weight is 394 g/mol. The molecule has 0 spiro atoms. The molecule has 1 aromatic carbocycles. The molecule has 0 bridgehead atoms. The summed E-state index contributed by atoms with van der Waals surface area (Å²) in [5.74, 6) is 0.523. The van der Waals surface area contributed by atoms with Gasteiger partial charge < -0.3 is 15.5 Å². The summed E-state index contributed by atoms with van der Waals surface area (Å²) in [4.78, 5) is 29.3. The molecule has 2 amide bonds. The summed E-state index contributed by atoms with van der Waals surface area (Å²) in [6, 6.07) is 10.3. The Morgan fingerprint density at radius 2 is 1.70 bits per heavy atom. The van der Waals surface area contributed by atoms with Crippen molar-refractivity contribution in [2.75, 3.05) is 26.2 Å². The fourth-order valence-electron chi connectivity index (χ4n) is 4.20. The van der Waals surface area contributed by atoms with E-state index in [0.29, 0.717) is 26.1 Å². The molecule has 2 aliphatic heterocycles. The molecule has 0 saturated carbocycles. The summed E-state index contributed by atoms with van der Waals surface area (Å²) in [5, 5.41) is 0. The van der Waals surface area contributed by atoms with Gasteiger partial charge in [0.1, 0.15) is 0 Å². The third-order valence-electron chi connectivity index (χ3n) is 5.85. The van der Waals surface area contributed by atoms with Crippen LogP contribution in [0.3, 0.4) is 0 Å². The summed E-state index contributed by atoms with van der Waals surface area (Å²) in [7, 11) is 0. The number of halogens is 1. The minimum absolute atomic E-state index is 0. The van der Waals surface area contributed by atoms with Crippen LogP contribution >= 0.6 is 12.4 Å². The van der Waals surface area contributed by atoms with E-state index in [-0.39, 0.29) is 36.2 Å². The lowest BCUT2D eigenvalue weighted by atomic mass is 9.92. The fourth-order valence-corrected chi connectivity index (χ4v) is 4.20. The highest BCUT2D eigenvalue weighted by molar-refractivity contribution is 5.85. The molecule has 0 aromatic heterocycles. The molecular weight excluding hydrogens is 362 g/mol. The van der Waals surface area contributed by atoms with Crippen molar-refractivity contribution >= 4 is 24.2 Å². The van der Waals surface area contributed by atoms with Gasteiger partial charge in [-0.1, -0.05) is 30.3 Å². The van der Waals surface area contributed by atoms with Gasteiger partial charge in [-0.2, -0.15) is 0 Å². The summed E-state index contributed by atoms with van der Waals surface area (Å²) in [5.41, 5.74) is 7.06. The molecule has 0 aliphatic carbocycles. The Balaban J connectivity index is 0.00000261. The maximum atomic E-state index is 12.9. The van der Waals surface area contributed by atoms with E-state index >= 15 is 0 Å². The third kappa shape index (κ3) is 5.69. The van der Waals surface area contributed by atoms with Crippen LogP contribution in [-0.2, 0) is 16.0 Å². The maximum Gasteiger partial charge on any atom is 0.226 e. The van der Waals surface area contributed by atoms with Crippen molar-refractivity contribution in [1.82, 2.24) is 9.80 Å². The lowest BCUT2D eigenvalue weighted by Gasteiger charge is -2.39. The molecular formula is C21H32ClN3O2. The van der Waals surface area contributed by atoms with E-state index in [4.69, 9.17) is 5.73 Å². The molecule has 27 heavy (non-hydrogen) atoms. The number of piperidine rings is 2. The van der Waals surface area contributed by atoms with Gasteiger partial charge >= 0.3 is 0 Å². The number of rotatable bonds is 5. The van der Waals surface area contributed by atoms with Gasteiger partial charge in [-0.3, -0.25) is 9.59 Å². The summed E-state index contributed by atoms with van der Waals surface area (Å²) >= 11 is 0. The van der Waals surface area contributed by atoms with Crippen molar-refractivity contribution in [2.24, 2.45) is 11.7 Å². The second kappa shape index (κ2) is 10.7. The van der Waals surface area contributed by atoms with Crippen LogP contribution in [0.1, 0.15) is 44.1 Å². The Labute approximate surface area is 168 Å². The van der Waals surface area contributed by atoms with Gasteiger partial charge in [0.2, 0.25) is 11.8 Å². The Morgan fingerprint density at radius 1 is 1.00 bits per heavy atom. The van der Waals surface area contributed by atoms with Crippen molar-refractivity contribution in [3.63, 3.8) is 0 Å². The molecule has 6 heteroatoms. The van der Waals surface area contributed by atoms with Crippen molar-refractivity contribution in [3.05, 3.63) is 35.9 Å². The van der Waals surface area contributed by atoms with Gasteiger partial charge in [-0.05, 0) is 44.1 Å². The van der Waals surface area contributed by atoms with Gasteiger partial charge in [-0.15, -0.1) is 12.4 Å². The largest absolute Gasteiger partial charge is 0.343 e. The van der Waals surface area contributed by atoms with E-state index in [2.05, 4.69) is 12.1 Å². The highest BCUT2D eigenvalue weighted by Gasteiger charge is 2.33. The number of aryl methyl sites for hydroxylation is 1. The number of carbonyl (C=O) groups is 2. The number of hydrogen-bond acceptors (Lipinski definition) is 3. The smallest absolute Gasteiger partial charge is 0.226 e. The number of likely N-dealkylation sites (tertiary alicyclic amines) is 2. The van der Waals surface area contributed by atoms with Crippen LogP contribution in [0.4, 0.5) is 0 Å². The molecule has 1 unspecified atom stereocenters. The zero-order valence-electron chi connectivity index (χ0n) is 16.0. The quantitative estimate of drug-likeness (QED) is 0.836. The molecule has 2 aliphatic rings. The minimum Gasteiger partial charge on any atom is -0.343 e. The van der Waals surface area contributed by atoms with Gasteiger partial charge in [0, 0.05) is 44.6 Å². The Bertz CT molecular complexity index is 603. The molecule has 2 saturated heterocycles. The molecule has 5 nitrogen and oxygen atoms in total. The Kier molecular flexibility index (Phi) is 8.58. The first-order valence-corrected chi connectivity index (χ1v) is 10.0. The number of benzene rings is 1. The number of amides is 2. The number of nitrogens with zero attached hydrogens (tertiary/aromatic N) is 2. The number of carbonyl (C=O) groups excluding carboxylic acids is 2. The normalized spacial score (nSPS) is 20.9. The first kappa shape index (κ1) is 21.7. The van der Waals surface area contributed by atoms with Crippen molar-refractivity contribution in [2.45, 2.75) is 51.0 Å². The second-order valence-corrected chi connectivity index (χ2v) is 7.56. The van der Waals surface area contributed by atoms with Gasteiger partial charge in [0.25, 0.3) is 0 Å². The third-order valence-corrected chi connectivity index (χ3v) is 5.85. The molecule has 0 radical (unpaired) electrons. The molecule has 2 fully saturated rings. The maximum absolute atomic E-state index is 12.9.